The number of aromatic nitrogens is 1. The third-order valence-electron chi connectivity index (χ3n) is 4.94. The lowest BCUT2D eigenvalue weighted by Crippen LogP contribution is -2.36. The largest absolute Gasteiger partial charge is 0.417 e. The first-order valence-corrected chi connectivity index (χ1v) is 9.64. The number of alkyl halides is 3. The number of pyridine rings is 1. The maximum absolute atomic E-state index is 12.7. The number of carbonyl (C=O) groups is 2. The van der Waals surface area contributed by atoms with Crippen LogP contribution in [0, 0.1) is 0 Å². The Balaban J connectivity index is 1.56. The van der Waals surface area contributed by atoms with Crippen molar-refractivity contribution in [2.24, 2.45) is 0 Å². The van der Waals surface area contributed by atoms with Gasteiger partial charge in [0.05, 0.1) is 17.8 Å². The minimum absolute atomic E-state index is 0.125. The van der Waals surface area contributed by atoms with Gasteiger partial charge in [0.2, 0.25) is 5.91 Å². The monoisotopic (exact) mass is 420 g/mol. The predicted octanol–water partition coefficient (Wildman–Crippen LogP) is 3.45. The normalized spacial score (nSPS) is 15.5. The maximum Gasteiger partial charge on any atom is 0.417 e. The standard InChI is InChI=1S/C21H23F3N4O2/c1-15(29)17-5-2-3-6-18(17)26-20(30)14-27-9-4-10-28(12-11-27)19-8-7-16(13-25-19)21(22,23)24/h2-3,5-8,13H,4,9-12,14H2,1H3,(H,26,30). The summed E-state index contributed by atoms with van der Waals surface area (Å²) in [5.41, 5.74) is 0.173. The van der Waals surface area contributed by atoms with Crippen LogP contribution < -0.4 is 10.2 Å². The number of ketones is 1. The van der Waals surface area contributed by atoms with E-state index in [1.165, 1.54) is 13.0 Å². The number of halogens is 3. The van der Waals surface area contributed by atoms with Gasteiger partial charge in [-0.05, 0) is 37.6 Å². The quantitative estimate of drug-likeness (QED) is 0.751. The fourth-order valence-electron chi connectivity index (χ4n) is 3.39. The van der Waals surface area contributed by atoms with Gasteiger partial charge in [0.25, 0.3) is 0 Å². The molecule has 1 aliphatic heterocycles. The Kier molecular flexibility index (Phi) is 6.71. The topological polar surface area (TPSA) is 65.5 Å². The number of rotatable bonds is 5. The van der Waals surface area contributed by atoms with E-state index >= 15 is 0 Å². The van der Waals surface area contributed by atoms with E-state index in [-0.39, 0.29) is 18.2 Å². The third kappa shape index (κ3) is 5.56. The molecule has 1 aliphatic rings. The van der Waals surface area contributed by atoms with Gasteiger partial charge in [-0.1, -0.05) is 12.1 Å². The van der Waals surface area contributed by atoms with E-state index in [4.69, 9.17) is 0 Å². The first-order chi connectivity index (χ1) is 14.2. The van der Waals surface area contributed by atoms with Crippen molar-refractivity contribution >= 4 is 23.2 Å². The highest BCUT2D eigenvalue weighted by Crippen LogP contribution is 2.29. The number of hydrogen-bond acceptors (Lipinski definition) is 5. The lowest BCUT2D eigenvalue weighted by molar-refractivity contribution is -0.137. The fraction of sp³-hybridized carbons (Fsp3) is 0.381. The molecule has 9 heteroatoms. The molecule has 1 saturated heterocycles. The molecule has 1 fully saturated rings. The average molecular weight is 420 g/mol. The van der Waals surface area contributed by atoms with E-state index in [0.717, 1.165) is 18.7 Å². The number of nitrogens with zero attached hydrogens (tertiary/aromatic N) is 3. The maximum atomic E-state index is 12.7. The number of carbonyl (C=O) groups excluding carboxylic acids is 2. The number of benzene rings is 1. The Morgan fingerprint density at radius 3 is 2.50 bits per heavy atom. The molecule has 0 saturated carbocycles. The van der Waals surface area contributed by atoms with Crippen molar-refractivity contribution in [1.82, 2.24) is 9.88 Å². The Morgan fingerprint density at radius 2 is 1.83 bits per heavy atom. The van der Waals surface area contributed by atoms with E-state index in [1.807, 2.05) is 9.80 Å². The van der Waals surface area contributed by atoms with Crippen molar-refractivity contribution in [3.05, 3.63) is 53.7 Å². The lowest BCUT2D eigenvalue weighted by atomic mass is 10.1. The number of hydrogen-bond donors (Lipinski definition) is 1. The molecule has 2 heterocycles. The van der Waals surface area contributed by atoms with Crippen LogP contribution in [0.25, 0.3) is 0 Å². The van der Waals surface area contributed by atoms with Crippen LogP contribution in [0.4, 0.5) is 24.7 Å². The molecule has 3 rings (SSSR count). The van der Waals surface area contributed by atoms with Gasteiger partial charge in [0, 0.05) is 37.9 Å². The molecule has 1 N–H and O–H groups in total. The average Bonchev–Trinajstić information content (AvgIpc) is 2.93. The van der Waals surface area contributed by atoms with E-state index in [9.17, 15) is 22.8 Å². The summed E-state index contributed by atoms with van der Waals surface area (Å²) in [5.74, 6) is 0.148. The van der Waals surface area contributed by atoms with Gasteiger partial charge in [-0.25, -0.2) is 4.98 Å². The van der Waals surface area contributed by atoms with Crippen LogP contribution in [0.5, 0.6) is 0 Å². The van der Waals surface area contributed by atoms with Crippen LogP contribution in [0.15, 0.2) is 42.6 Å². The predicted molar refractivity (Wildman–Crippen MR) is 108 cm³/mol. The first-order valence-electron chi connectivity index (χ1n) is 9.64. The molecule has 0 spiro atoms. The van der Waals surface area contributed by atoms with Crippen LogP contribution in [0.3, 0.4) is 0 Å². The smallest absolute Gasteiger partial charge is 0.355 e. The fourth-order valence-corrected chi connectivity index (χ4v) is 3.39. The third-order valence-corrected chi connectivity index (χ3v) is 4.94. The second-order valence-corrected chi connectivity index (χ2v) is 7.17. The molecule has 1 aromatic heterocycles. The van der Waals surface area contributed by atoms with Gasteiger partial charge in [-0.2, -0.15) is 13.2 Å². The van der Waals surface area contributed by atoms with Crippen molar-refractivity contribution in [3.8, 4) is 0 Å². The zero-order valence-electron chi connectivity index (χ0n) is 16.6. The second kappa shape index (κ2) is 9.25. The molecule has 1 aromatic carbocycles. The van der Waals surface area contributed by atoms with E-state index in [0.29, 0.717) is 43.2 Å². The number of Topliss-reactive ketones (excluding diaryl/α,β-unsaturated/α-hetero) is 1. The van der Waals surface area contributed by atoms with Gasteiger partial charge in [0.15, 0.2) is 5.78 Å². The number of nitrogens with one attached hydrogen (secondary N) is 1. The zero-order chi connectivity index (χ0) is 21.7. The summed E-state index contributed by atoms with van der Waals surface area (Å²) in [5, 5.41) is 2.79. The molecule has 160 valence electrons. The van der Waals surface area contributed by atoms with Gasteiger partial charge >= 0.3 is 6.18 Å². The Morgan fingerprint density at radius 1 is 1.07 bits per heavy atom. The molecule has 6 nitrogen and oxygen atoms in total. The SMILES string of the molecule is CC(=O)c1ccccc1NC(=O)CN1CCCN(c2ccc(C(F)(F)F)cn2)CC1. The molecular formula is C21H23F3N4O2. The first kappa shape index (κ1) is 21.8. The van der Waals surface area contributed by atoms with Gasteiger partial charge < -0.3 is 10.2 Å². The van der Waals surface area contributed by atoms with Crippen molar-refractivity contribution < 1.29 is 22.8 Å². The second-order valence-electron chi connectivity index (χ2n) is 7.17. The summed E-state index contributed by atoms with van der Waals surface area (Å²) >= 11 is 0. The number of amides is 1. The van der Waals surface area contributed by atoms with Gasteiger partial charge in [-0.3, -0.25) is 14.5 Å². The molecule has 0 aliphatic carbocycles. The molecule has 2 aromatic rings. The van der Waals surface area contributed by atoms with Crippen molar-refractivity contribution in [3.63, 3.8) is 0 Å². The van der Waals surface area contributed by atoms with Gasteiger partial charge in [-0.15, -0.1) is 0 Å². The van der Waals surface area contributed by atoms with Crippen LogP contribution >= 0.6 is 0 Å². The van der Waals surface area contributed by atoms with E-state index in [2.05, 4.69) is 10.3 Å². The molecule has 1 amide bonds. The summed E-state index contributed by atoms with van der Waals surface area (Å²) in [6, 6.07) is 9.26. The van der Waals surface area contributed by atoms with E-state index in [1.54, 1.807) is 24.3 Å². The van der Waals surface area contributed by atoms with Crippen LogP contribution in [0.2, 0.25) is 0 Å². The van der Waals surface area contributed by atoms with Crippen molar-refractivity contribution in [2.45, 2.75) is 19.5 Å². The minimum atomic E-state index is -4.41. The zero-order valence-corrected chi connectivity index (χ0v) is 16.6. The highest BCUT2D eigenvalue weighted by Gasteiger charge is 2.31. The minimum Gasteiger partial charge on any atom is -0.355 e. The lowest BCUT2D eigenvalue weighted by Gasteiger charge is -2.23. The Hall–Kier alpha value is -2.94. The summed E-state index contributed by atoms with van der Waals surface area (Å²) in [6.07, 6.45) is -2.81. The highest BCUT2D eigenvalue weighted by molar-refractivity contribution is 6.04. The molecule has 0 bridgehead atoms. The number of anilines is 2. The number of para-hydroxylation sites is 1. The summed E-state index contributed by atoms with van der Waals surface area (Å²) < 4.78 is 38.1. The van der Waals surface area contributed by atoms with Gasteiger partial charge in [0.1, 0.15) is 5.82 Å². The summed E-state index contributed by atoms with van der Waals surface area (Å²) in [7, 11) is 0. The molecule has 0 atom stereocenters. The van der Waals surface area contributed by atoms with Crippen LogP contribution in [0.1, 0.15) is 29.3 Å². The van der Waals surface area contributed by atoms with Crippen molar-refractivity contribution in [1.29, 1.82) is 0 Å². The Labute approximate surface area is 172 Å². The molecule has 0 radical (unpaired) electrons. The molecule has 30 heavy (non-hydrogen) atoms. The molecule has 0 unspecified atom stereocenters. The summed E-state index contributed by atoms with van der Waals surface area (Å²) in [6.45, 7) is 4.06. The van der Waals surface area contributed by atoms with Crippen LogP contribution in [-0.2, 0) is 11.0 Å². The van der Waals surface area contributed by atoms with Crippen molar-refractivity contribution in [2.75, 3.05) is 42.9 Å². The highest BCUT2D eigenvalue weighted by atomic mass is 19.4. The van der Waals surface area contributed by atoms with E-state index < -0.39 is 11.7 Å². The van der Waals surface area contributed by atoms with Crippen LogP contribution in [-0.4, -0.2) is 54.3 Å². The Bertz CT molecular complexity index is 900. The summed E-state index contributed by atoms with van der Waals surface area (Å²) in [4.78, 5) is 32.0. The molecular weight excluding hydrogens is 397 g/mol.